The first-order chi connectivity index (χ1) is 10.1. The third-order valence-electron chi connectivity index (χ3n) is 3.21. The Kier molecular flexibility index (Phi) is 3.58. The van der Waals surface area contributed by atoms with Crippen LogP contribution < -0.4 is 4.74 Å². The number of nitrogens with one attached hydrogen (secondary N) is 1. The SMILES string of the molecule is CC(O)(COc1cccnc1)Cc1ccc2[c]n[nH]c2c1. The molecule has 5 heteroatoms. The van der Waals surface area contributed by atoms with Gasteiger partial charge in [-0.15, -0.1) is 0 Å². The van der Waals surface area contributed by atoms with Gasteiger partial charge in [0.2, 0.25) is 0 Å². The van der Waals surface area contributed by atoms with Crippen LogP contribution in [0.25, 0.3) is 10.9 Å². The number of nitrogens with zero attached hydrogens (tertiary/aromatic N) is 2. The molecule has 5 nitrogen and oxygen atoms in total. The Bertz CT molecular complexity index is 722. The van der Waals surface area contributed by atoms with Crippen LogP contribution in [0.15, 0.2) is 42.7 Å². The molecule has 2 heterocycles. The van der Waals surface area contributed by atoms with Gasteiger partial charge >= 0.3 is 0 Å². The minimum absolute atomic E-state index is 0.200. The summed E-state index contributed by atoms with van der Waals surface area (Å²) < 4.78 is 5.58. The van der Waals surface area contributed by atoms with E-state index in [9.17, 15) is 5.11 Å². The van der Waals surface area contributed by atoms with Gasteiger partial charge in [-0.2, -0.15) is 5.10 Å². The first kappa shape index (κ1) is 13.6. The molecule has 0 spiro atoms. The highest BCUT2D eigenvalue weighted by Crippen LogP contribution is 2.19. The topological polar surface area (TPSA) is 71.0 Å². The Morgan fingerprint density at radius 1 is 1.38 bits per heavy atom. The maximum absolute atomic E-state index is 10.5. The molecular formula is C16H16N3O2. The van der Waals surface area contributed by atoms with Gasteiger partial charge in [0.25, 0.3) is 0 Å². The summed E-state index contributed by atoms with van der Waals surface area (Å²) in [7, 11) is 0. The average molecular weight is 282 g/mol. The molecule has 0 aliphatic rings. The first-order valence-corrected chi connectivity index (χ1v) is 6.72. The number of pyridine rings is 1. The van der Waals surface area contributed by atoms with E-state index in [0.717, 1.165) is 16.5 Å². The van der Waals surface area contributed by atoms with Gasteiger partial charge in [0.05, 0.1) is 17.3 Å². The van der Waals surface area contributed by atoms with Gasteiger partial charge in [-0.3, -0.25) is 10.1 Å². The smallest absolute Gasteiger partial charge is 0.137 e. The number of fused-ring (bicyclic) bond motifs is 1. The molecule has 2 N–H and O–H groups in total. The molecule has 1 atom stereocenters. The summed E-state index contributed by atoms with van der Waals surface area (Å²) >= 11 is 0. The van der Waals surface area contributed by atoms with E-state index in [2.05, 4.69) is 21.4 Å². The average Bonchev–Trinajstić information content (AvgIpc) is 2.93. The van der Waals surface area contributed by atoms with E-state index in [1.54, 1.807) is 25.4 Å². The third kappa shape index (κ3) is 3.38. The molecule has 3 aromatic rings. The van der Waals surface area contributed by atoms with Crippen molar-refractivity contribution < 1.29 is 9.84 Å². The largest absolute Gasteiger partial charge is 0.489 e. The molecule has 1 radical (unpaired) electrons. The van der Waals surface area contributed by atoms with Gasteiger partial charge < -0.3 is 9.84 Å². The van der Waals surface area contributed by atoms with E-state index in [0.29, 0.717) is 12.2 Å². The summed E-state index contributed by atoms with van der Waals surface area (Å²) in [4.78, 5) is 3.98. The quantitative estimate of drug-likeness (QED) is 0.752. The first-order valence-electron chi connectivity index (χ1n) is 6.72. The molecule has 0 bridgehead atoms. The van der Waals surface area contributed by atoms with E-state index < -0.39 is 5.60 Å². The second-order valence-electron chi connectivity index (χ2n) is 5.37. The van der Waals surface area contributed by atoms with Crippen molar-refractivity contribution in [3.8, 4) is 5.75 Å². The van der Waals surface area contributed by atoms with Crippen LogP contribution in [0.1, 0.15) is 12.5 Å². The van der Waals surface area contributed by atoms with E-state index in [-0.39, 0.29) is 6.61 Å². The Balaban J connectivity index is 1.67. The van der Waals surface area contributed by atoms with Crippen molar-refractivity contribution in [1.29, 1.82) is 0 Å². The number of benzene rings is 1. The molecule has 0 aliphatic heterocycles. The van der Waals surface area contributed by atoms with Crippen molar-refractivity contribution in [3.63, 3.8) is 0 Å². The normalized spacial score (nSPS) is 14.0. The number of aliphatic hydroxyl groups is 1. The van der Waals surface area contributed by atoms with Crippen LogP contribution in [-0.2, 0) is 6.42 Å². The molecule has 0 amide bonds. The van der Waals surface area contributed by atoms with Crippen LogP contribution in [0.4, 0.5) is 0 Å². The summed E-state index contributed by atoms with van der Waals surface area (Å²) in [6.45, 7) is 1.96. The Hall–Kier alpha value is -2.40. The number of hydrogen-bond acceptors (Lipinski definition) is 4. The van der Waals surface area contributed by atoms with Crippen LogP contribution in [-0.4, -0.2) is 32.5 Å². The van der Waals surface area contributed by atoms with Crippen molar-refractivity contribution in [2.24, 2.45) is 0 Å². The number of ether oxygens (including phenoxy) is 1. The lowest BCUT2D eigenvalue weighted by atomic mass is 9.97. The van der Waals surface area contributed by atoms with Crippen molar-refractivity contribution in [2.45, 2.75) is 18.9 Å². The molecule has 0 saturated heterocycles. The van der Waals surface area contributed by atoms with Gasteiger partial charge in [-0.25, -0.2) is 0 Å². The predicted octanol–water partition coefficient (Wildman–Crippen LogP) is 2.13. The molecule has 2 aromatic heterocycles. The summed E-state index contributed by atoms with van der Waals surface area (Å²) in [5, 5.41) is 18.2. The second kappa shape index (κ2) is 5.54. The lowest BCUT2D eigenvalue weighted by molar-refractivity contribution is 0.0119. The van der Waals surface area contributed by atoms with Gasteiger partial charge in [0.15, 0.2) is 0 Å². The van der Waals surface area contributed by atoms with Crippen molar-refractivity contribution in [2.75, 3.05) is 6.61 Å². The number of hydrogen-bond donors (Lipinski definition) is 2. The molecular weight excluding hydrogens is 266 g/mol. The van der Waals surface area contributed by atoms with Gasteiger partial charge in [0, 0.05) is 18.0 Å². The van der Waals surface area contributed by atoms with Crippen LogP contribution in [0.5, 0.6) is 5.75 Å². The zero-order valence-electron chi connectivity index (χ0n) is 11.7. The summed E-state index contributed by atoms with van der Waals surface area (Å²) in [6, 6.07) is 9.48. The molecule has 0 fully saturated rings. The zero-order valence-corrected chi connectivity index (χ0v) is 11.7. The third-order valence-corrected chi connectivity index (χ3v) is 3.21. The summed E-state index contributed by atoms with van der Waals surface area (Å²) in [5.74, 6) is 0.649. The Morgan fingerprint density at radius 2 is 2.29 bits per heavy atom. The minimum Gasteiger partial charge on any atom is -0.489 e. The number of rotatable bonds is 5. The van der Waals surface area contributed by atoms with Gasteiger partial charge in [-0.05, 0) is 30.7 Å². The van der Waals surface area contributed by atoms with Gasteiger partial charge in [0.1, 0.15) is 18.6 Å². The predicted molar refractivity (Wildman–Crippen MR) is 79.0 cm³/mol. The van der Waals surface area contributed by atoms with Crippen molar-refractivity contribution >= 4 is 10.9 Å². The highest BCUT2D eigenvalue weighted by Gasteiger charge is 2.22. The molecule has 3 rings (SSSR count). The lowest BCUT2D eigenvalue weighted by Gasteiger charge is -2.23. The zero-order chi connectivity index (χ0) is 14.7. The number of aromatic nitrogens is 3. The monoisotopic (exact) mass is 282 g/mol. The van der Waals surface area contributed by atoms with Crippen LogP contribution >= 0.6 is 0 Å². The van der Waals surface area contributed by atoms with Crippen LogP contribution in [0, 0.1) is 6.20 Å². The van der Waals surface area contributed by atoms with E-state index in [1.807, 2.05) is 24.3 Å². The summed E-state index contributed by atoms with van der Waals surface area (Å²) in [5.41, 5.74) is 0.962. The van der Waals surface area contributed by atoms with Crippen molar-refractivity contribution in [1.82, 2.24) is 15.2 Å². The lowest BCUT2D eigenvalue weighted by Crippen LogP contribution is -2.34. The standard InChI is InChI=1S/C16H16N3O2/c1-16(20,11-21-14-3-2-6-17-10-14)8-12-4-5-13-9-18-19-15(13)7-12/h2-7,10,20H,8,11H2,1H3,(H,18,19). The minimum atomic E-state index is -0.965. The molecule has 1 unspecified atom stereocenters. The number of H-pyrrole nitrogens is 1. The van der Waals surface area contributed by atoms with Crippen molar-refractivity contribution in [3.05, 3.63) is 54.5 Å². The maximum Gasteiger partial charge on any atom is 0.137 e. The fraction of sp³-hybridized carbons (Fsp3) is 0.250. The fourth-order valence-corrected chi connectivity index (χ4v) is 2.20. The molecule has 1 aromatic carbocycles. The van der Waals surface area contributed by atoms with E-state index in [4.69, 9.17) is 4.74 Å². The Labute approximate surface area is 122 Å². The number of aromatic amines is 1. The molecule has 0 saturated carbocycles. The molecule has 0 aliphatic carbocycles. The van der Waals surface area contributed by atoms with E-state index in [1.165, 1.54) is 0 Å². The highest BCUT2D eigenvalue weighted by molar-refractivity contribution is 5.77. The van der Waals surface area contributed by atoms with Crippen LogP contribution in [0.2, 0.25) is 0 Å². The Morgan fingerprint density at radius 3 is 3.10 bits per heavy atom. The molecule has 21 heavy (non-hydrogen) atoms. The van der Waals surface area contributed by atoms with Crippen LogP contribution in [0.3, 0.4) is 0 Å². The highest BCUT2D eigenvalue weighted by atomic mass is 16.5. The molecule has 107 valence electrons. The van der Waals surface area contributed by atoms with Gasteiger partial charge in [-0.1, -0.05) is 12.1 Å². The fourth-order valence-electron chi connectivity index (χ4n) is 2.20. The summed E-state index contributed by atoms with van der Waals surface area (Å²) in [6.07, 6.45) is 6.65. The van der Waals surface area contributed by atoms with E-state index >= 15 is 0 Å². The second-order valence-corrected chi connectivity index (χ2v) is 5.37. The maximum atomic E-state index is 10.5.